The molecule has 0 aliphatic carbocycles. The number of aliphatic hydroxyl groups is 4. The third-order valence-corrected chi connectivity index (χ3v) is 3.49. The molecule has 2 aliphatic heterocycles. The van der Waals surface area contributed by atoms with Crippen molar-refractivity contribution in [2.45, 2.75) is 49.8 Å². The van der Waals surface area contributed by atoms with E-state index < -0.39 is 30.4 Å². The number of fused-ring (bicyclic) bond motifs is 1. The van der Waals surface area contributed by atoms with Gasteiger partial charge in [-0.2, -0.15) is 0 Å². The second kappa shape index (κ2) is 3.43. The minimum atomic E-state index is -0.956. The van der Waals surface area contributed by atoms with E-state index in [1.54, 1.807) is 0 Å². The second-order valence-electron chi connectivity index (χ2n) is 4.32. The first kappa shape index (κ1) is 10.3. The molecular formula is C9H17NO4. The largest absolute Gasteiger partial charge is 0.395 e. The van der Waals surface area contributed by atoms with E-state index >= 15 is 0 Å². The van der Waals surface area contributed by atoms with Crippen LogP contribution in [0.2, 0.25) is 0 Å². The SMILES string of the molecule is C[C@@H]1C[C@@H](O)C2[C@H](O)[C@H](O)[C@@H](CO)N21. The zero-order valence-electron chi connectivity index (χ0n) is 8.11. The lowest BCUT2D eigenvalue weighted by atomic mass is 10.0. The van der Waals surface area contributed by atoms with E-state index in [1.807, 2.05) is 11.8 Å². The van der Waals surface area contributed by atoms with Crippen molar-refractivity contribution in [2.75, 3.05) is 6.61 Å². The van der Waals surface area contributed by atoms with Gasteiger partial charge in [-0.05, 0) is 13.3 Å². The van der Waals surface area contributed by atoms with Gasteiger partial charge >= 0.3 is 0 Å². The van der Waals surface area contributed by atoms with Crippen molar-refractivity contribution < 1.29 is 20.4 Å². The third-order valence-electron chi connectivity index (χ3n) is 3.49. The first-order chi connectivity index (χ1) is 6.57. The van der Waals surface area contributed by atoms with E-state index in [0.717, 1.165) is 0 Å². The fourth-order valence-corrected chi connectivity index (χ4v) is 2.86. The molecule has 0 bridgehead atoms. The minimum absolute atomic E-state index is 0.0962. The molecule has 4 N–H and O–H groups in total. The summed E-state index contributed by atoms with van der Waals surface area (Å²) in [6.45, 7) is 1.74. The molecule has 2 fully saturated rings. The van der Waals surface area contributed by atoms with Gasteiger partial charge in [0.1, 0.15) is 0 Å². The molecule has 14 heavy (non-hydrogen) atoms. The summed E-state index contributed by atoms with van der Waals surface area (Å²) >= 11 is 0. The maximum Gasteiger partial charge on any atom is 0.0995 e. The Balaban J connectivity index is 2.25. The standard InChI is InChI=1S/C9H17NO4/c1-4-2-6(12)7-9(14)8(13)5(3-11)10(4)7/h4-9,11-14H,2-3H2,1H3/t4-,5-,6-,7?,8-,9+/m1/s1. The molecule has 2 saturated heterocycles. The molecule has 2 heterocycles. The Hall–Kier alpha value is -0.200. The number of nitrogens with zero attached hydrogens (tertiary/aromatic N) is 1. The number of rotatable bonds is 1. The molecule has 0 aromatic rings. The Bertz CT molecular complexity index is 225. The van der Waals surface area contributed by atoms with Crippen molar-refractivity contribution >= 4 is 0 Å². The summed E-state index contributed by atoms with van der Waals surface area (Å²) in [5.41, 5.74) is 0. The molecule has 5 heteroatoms. The molecule has 0 amide bonds. The molecule has 0 aromatic heterocycles. The Morgan fingerprint density at radius 2 is 1.86 bits per heavy atom. The van der Waals surface area contributed by atoms with Gasteiger partial charge in [0.25, 0.3) is 0 Å². The fourth-order valence-electron chi connectivity index (χ4n) is 2.86. The lowest BCUT2D eigenvalue weighted by Crippen LogP contribution is -2.43. The molecule has 2 aliphatic rings. The average Bonchev–Trinajstić information content (AvgIpc) is 2.55. The van der Waals surface area contributed by atoms with Crippen LogP contribution in [0.15, 0.2) is 0 Å². The highest BCUT2D eigenvalue weighted by atomic mass is 16.3. The molecular weight excluding hydrogens is 186 g/mol. The summed E-state index contributed by atoms with van der Waals surface area (Å²) < 4.78 is 0. The van der Waals surface area contributed by atoms with E-state index in [2.05, 4.69) is 0 Å². The average molecular weight is 203 g/mol. The van der Waals surface area contributed by atoms with Gasteiger partial charge < -0.3 is 20.4 Å². The Morgan fingerprint density at radius 1 is 1.21 bits per heavy atom. The quantitative estimate of drug-likeness (QED) is 0.392. The highest BCUT2D eigenvalue weighted by molar-refractivity contribution is 5.09. The summed E-state index contributed by atoms with van der Waals surface area (Å²) in [5, 5.41) is 38.1. The maximum atomic E-state index is 9.69. The van der Waals surface area contributed by atoms with E-state index in [1.165, 1.54) is 0 Å². The van der Waals surface area contributed by atoms with Crippen LogP contribution in [0, 0.1) is 0 Å². The monoisotopic (exact) mass is 203 g/mol. The van der Waals surface area contributed by atoms with Crippen molar-refractivity contribution in [2.24, 2.45) is 0 Å². The van der Waals surface area contributed by atoms with E-state index in [0.29, 0.717) is 6.42 Å². The normalized spacial score (nSPS) is 53.8. The lowest BCUT2D eigenvalue weighted by molar-refractivity contribution is -0.00155. The summed E-state index contributed by atoms with van der Waals surface area (Å²) in [5.74, 6) is 0. The molecule has 6 atom stereocenters. The van der Waals surface area contributed by atoms with Crippen LogP contribution < -0.4 is 0 Å². The van der Waals surface area contributed by atoms with Gasteiger partial charge in [-0.25, -0.2) is 0 Å². The van der Waals surface area contributed by atoms with Crippen molar-refractivity contribution in [1.29, 1.82) is 0 Å². The van der Waals surface area contributed by atoms with E-state index in [9.17, 15) is 15.3 Å². The summed E-state index contributed by atoms with van der Waals surface area (Å²) in [6, 6.07) is -0.766. The first-order valence-electron chi connectivity index (χ1n) is 5.00. The van der Waals surface area contributed by atoms with Gasteiger partial charge in [0.05, 0.1) is 37.0 Å². The molecule has 82 valence electrons. The molecule has 1 unspecified atom stereocenters. The van der Waals surface area contributed by atoms with Crippen LogP contribution >= 0.6 is 0 Å². The smallest absolute Gasteiger partial charge is 0.0995 e. The number of aliphatic hydroxyl groups excluding tert-OH is 4. The topological polar surface area (TPSA) is 84.2 Å². The predicted octanol–water partition coefficient (Wildman–Crippen LogP) is -2.09. The van der Waals surface area contributed by atoms with E-state index in [-0.39, 0.29) is 12.6 Å². The predicted molar refractivity (Wildman–Crippen MR) is 48.6 cm³/mol. The molecule has 0 aromatic carbocycles. The van der Waals surface area contributed by atoms with Crippen molar-refractivity contribution in [1.82, 2.24) is 4.90 Å². The molecule has 2 rings (SSSR count). The Labute approximate surface area is 82.6 Å². The molecule has 0 spiro atoms. The molecule has 5 nitrogen and oxygen atoms in total. The summed E-state index contributed by atoms with van der Waals surface area (Å²) in [4.78, 5) is 1.83. The zero-order chi connectivity index (χ0) is 10.5. The highest BCUT2D eigenvalue weighted by Crippen LogP contribution is 2.37. The highest BCUT2D eigenvalue weighted by Gasteiger charge is 2.55. The minimum Gasteiger partial charge on any atom is -0.395 e. The maximum absolute atomic E-state index is 9.69. The third kappa shape index (κ3) is 1.20. The molecule has 0 radical (unpaired) electrons. The molecule has 0 saturated carbocycles. The van der Waals surface area contributed by atoms with Crippen LogP contribution in [-0.2, 0) is 0 Å². The van der Waals surface area contributed by atoms with Gasteiger partial charge in [0.2, 0.25) is 0 Å². The second-order valence-corrected chi connectivity index (χ2v) is 4.32. The summed E-state index contributed by atoms with van der Waals surface area (Å²) in [7, 11) is 0. The van der Waals surface area contributed by atoms with E-state index in [4.69, 9.17) is 5.11 Å². The van der Waals surface area contributed by atoms with Gasteiger partial charge in [0.15, 0.2) is 0 Å². The zero-order valence-corrected chi connectivity index (χ0v) is 8.11. The van der Waals surface area contributed by atoms with Gasteiger partial charge in [-0.3, -0.25) is 4.90 Å². The van der Waals surface area contributed by atoms with Crippen LogP contribution in [0.5, 0.6) is 0 Å². The van der Waals surface area contributed by atoms with Crippen molar-refractivity contribution in [3.05, 3.63) is 0 Å². The number of hydrogen-bond donors (Lipinski definition) is 4. The van der Waals surface area contributed by atoms with Crippen molar-refractivity contribution in [3.63, 3.8) is 0 Å². The lowest BCUT2D eigenvalue weighted by Gasteiger charge is -2.27. The first-order valence-corrected chi connectivity index (χ1v) is 5.00. The number of hydrogen-bond acceptors (Lipinski definition) is 5. The Kier molecular flexibility index (Phi) is 2.53. The van der Waals surface area contributed by atoms with Crippen LogP contribution in [0.4, 0.5) is 0 Å². The van der Waals surface area contributed by atoms with Gasteiger partial charge in [0, 0.05) is 6.04 Å². The van der Waals surface area contributed by atoms with Gasteiger partial charge in [-0.15, -0.1) is 0 Å². The fraction of sp³-hybridized carbons (Fsp3) is 1.00. The van der Waals surface area contributed by atoms with Crippen molar-refractivity contribution in [3.8, 4) is 0 Å². The van der Waals surface area contributed by atoms with Crippen LogP contribution in [0.25, 0.3) is 0 Å². The van der Waals surface area contributed by atoms with Crippen LogP contribution in [-0.4, -0.2) is 68.4 Å². The van der Waals surface area contributed by atoms with Crippen LogP contribution in [0.1, 0.15) is 13.3 Å². The van der Waals surface area contributed by atoms with Crippen LogP contribution in [0.3, 0.4) is 0 Å². The van der Waals surface area contributed by atoms with Gasteiger partial charge in [-0.1, -0.05) is 0 Å². The summed E-state index contributed by atoms with van der Waals surface area (Å²) in [6.07, 6.45) is -1.92. The Morgan fingerprint density at radius 3 is 2.43 bits per heavy atom.